The standard InChI is InChI=1S/C19H33NO/c1-2-16-8-10-17(11-9-16)18(21)19(12-4-5-13-19)20-14-6-3-7-15-20/h16-17H,2-15H2,1H3. The van der Waals surface area contributed by atoms with Crippen LogP contribution in [0.2, 0.25) is 0 Å². The largest absolute Gasteiger partial charge is 0.297 e. The number of hydrogen-bond donors (Lipinski definition) is 0. The summed E-state index contributed by atoms with van der Waals surface area (Å²) in [4.78, 5) is 16.0. The number of ketones is 1. The first-order valence-electron chi connectivity index (χ1n) is 9.55. The van der Waals surface area contributed by atoms with Gasteiger partial charge >= 0.3 is 0 Å². The summed E-state index contributed by atoms with van der Waals surface area (Å²) in [6, 6.07) is 0. The van der Waals surface area contributed by atoms with Gasteiger partial charge in [-0.15, -0.1) is 0 Å². The molecule has 0 aromatic heterocycles. The minimum Gasteiger partial charge on any atom is -0.297 e. The van der Waals surface area contributed by atoms with E-state index in [0.29, 0.717) is 11.7 Å². The predicted octanol–water partition coefficient (Wildman–Crippen LogP) is 4.57. The fourth-order valence-corrected chi connectivity index (χ4v) is 5.21. The highest BCUT2D eigenvalue weighted by Crippen LogP contribution is 2.42. The van der Waals surface area contributed by atoms with Gasteiger partial charge in [0.2, 0.25) is 0 Å². The molecule has 0 atom stereocenters. The van der Waals surface area contributed by atoms with Gasteiger partial charge in [0.15, 0.2) is 5.78 Å². The Labute approximate surface area is 130 Å². The van der Waals surface area contributed by atoms with E-state index in [4.69, 9.17) is 0 Å². The molecular weight excluding hydrogens is 258 g/mol. The number of Topliss-reactive ketones (excluding diaryl/α,β-unsaturated/α-hetero) is 1. The molecule has 21 heavy (non-hydrogen) atoms. The number of likely N-dealkylation sites (tertiary alicyclic amines) is 1. The van der Waals surface area contributed by atoms with Crippen molar-refractivity contribution in [3.63, 3.8) is 0 Å². The maximum atomic E-state index is 13.4. The fraction of sp³-hybridized carbons (Fsp3) is 0.947. The number of hydrogen-bond acceptors (Lipinski definition) is 2. The zero-order chi connectivity index (χ0) is 14.7. The Kier molecular flexibility index (Phi) is 5.03. The molecule has 3 fully saturated rings. The van der Waals surface area contributed by atoms with Crippen LogP contribution in [0.4, 0.5) is 0 Å². The summed E-state index contributed by atoms with van der Waals surface area (Å²) >= 11 is 0. The molecule has 2 saturated carbocycles. The van der Waals surface area contributed by atoms with E-state index < -0.39 is 0 Å². The van der Waals surface area contributed by atoms with E-state index in [1.807, 2.05) is 0 Å². The SMILES string of the molecule is CCC1CCC(C(=O)C2(N3CCCCC3)CCCC2)CC1. The third kappa shape index (κ3) is 3.06. The molecule has 1 heterocycles. The molecular formula is C19H33NO. The van der Waals surface area contributed by atoms with Crippen molar-refractivity contribution in [1.82, 2.24) is 4.90 Å². The van der Waals surface area contributed by atoms with Crippen LogP contribution in [0.25, 0.3) is 0 Å². The van der Waals surface area contributed by atoms with Crippen molar-refractivity contribution in [3.05, 3.63) is 0 Å². The van der Waals surface area contributed by atoms with Crippen LogP contribution in [0, 0.1) is 11.8 Å². The molecule has 3 rings (SSSR count). The highest BCUT2D eigenvalue weighted by molar-refractivity contribution is 5.91. The molecule has 1 saturated heterocycles. The van der Waals surface area contributed by atoms with Crippen LogP contribution in [0.15, 0.2) is 0 Å². The smallest absolute Gasteiger partial charge is 0.156 e. The van der Waals surface area contributed by atoms with E-state index in [0.717, 1.165) is 18.8 Å². The van der Waals surface area contributed by atoms with Crippen molar-refractivity contribution in [2.75, 3.05) is 13.1 Å². The maximum Gasteiger partial charge on any atom is 0.156 e. The van der Waals surface area contributed by atoms with Crippen LogP contribution in [-0.2, 0) is 4.79 Å². The summed E-state index contributed by atoms with van der Waals surface area (Å²) in [7, 11) is 0. The van der Waals surface area contributed by atoms with Gasteiger partial charge in [-0.1, -0.05) is 32.6 Å². The van der Waals surface area contributed by atoms with Crippen molar-refractivity contribution in [2.45, 2.75) is 89.5 Å². The molecule has 0 unspecified atom stereocenters. The minimum absolute atomic E-state index is 0.0376. The first kappa shape index (κ1) is 15.5. The normalized spacial score (nSPS) is 34.0. The van der Waals surface area contributed by atoms with E-state index in [-0.39, 0.29) is 5.54 Å². The van der Waals surface area contributed by atoms with Gasteiger partial charge in [-0.05, 0) is 70.4 Å². The second-order valence-electron chi connectivity index (χ2n) is 7.78. The average molecular weight is 291 g/mol. The molecule has 0 aromatic rings. The van der Waals surface area contributed by atoms with Crippen molar-refractivity contribution in [1.29, 1.82) is 0 Å². The lowest BCUT2D eigenvalue weighted by Gasteiger charge is -2.45. The van der Waals surface area contributed by atoms with Crippen LogP contribution in [0.1, 0.15) is 84.0 Å². The zero-order valence-corrected chi connectivity index (χ0v) is 13.9. The zero-order valence-electron chi connectivity index (χ0n) is 13.9. The van der Waals surface area contributed by atoms with E-state index >= 15 is 0 Å². The minimum atomic E-state index is -0.0376. The average Bonchev–Trinajstić information content (AvgIpc) is 3.06. The van der Waals surface area contributed by atoms with Crippen molar-refractivity contribution >= 4 is 5.78 Å². The molecule has 0 aromatic carbocycles. The Balaban J connectivity index is 1.70. The lowest BCUT2D eigenvalue weighted by molar-refractivity contribution is -0.137. The van der Waals surface area contributed by atoms with Gasteiger partial charge in [0.05, 0.1) is 5.54 Å². The molecule has 2 aliphatic carbocycles. The molecule has 0 spiro atoms. The molecule has 2 heteroatoms. The second kappa shape index (κ2) is 6.81. The summed E-state index contributed by atoms with van der Waals surface area (Å²) in [5.41, 5.74) is -0.0376. The maximum absolute atomic E-state index is 13.4. The second-order valence-corrected chi connectivity index (χ2v) is 7.78. The van der Waals surface area contributed by atoms with Gasteiger partial charge in [0.1, 0.15) is 0 Å². The molecule has 1 aliphatic heterocycles. The highest BCUT2D eigenvalue weighted by Gasteiger charge is 2.48. The third-order valence-electron chi connectivity index (χ3n) is 6.65. The van der Waals surface area contributed by atoms with Gasteiger partial charge < -0.3 is 0 Å². The Hall–Kier alpha value is -0.370. The molecule has 2 nitrogen and oxygen atoms in total. The third-order valence-corrected chi connectivity index (χ3v) is 6.65. The predicted molar refractivity (Wildman–Crippen MR) is 87.4 cm³/mol. The molecule has 3 aliphatic rings. The Morgan fingerprint density at radius 2 is 1.57 bits per heavy atom. The van der Waals surface area contributed by atoms with Crippen LogP contribution in [0.3, 0.4) is 0 Å². The molecule has 0 N–H and O–H groups in total. The van der Waals surface area contributed by atoms with Gasteiger partial charge in [0, 0.05) is 5.92 Å². The summed E-state index contributed by atoms with van der Waals surface area (Å²) in [5, 5.41) is 0. The summed E-state index contributed by atoms with van der Waals surface area (Å²) in [5.74, 6) is 1.92. The highest BCUT2D eigenvalue weighted by atomic mass is 16.1. The van der Waals surface area contributed by atoms with E-state index in [9.17, 15) is 4.79 Å². The number of nitrogens with zero attached hydrogens (tertiary/aromatic N) is 1. The van der Waals surface area contributed by atoms with Crippen LogP contribution < -0.4 is 0 Å². The van der Waals surface area contributed by atoms with E-state index in [1.165, 1.54) is 77.3 Å². The summed E-state index contributed by atoms with van der Waals surface area (Å²) < 4.78 is 0. The van der Waals surface area contributed by atoms with E-state index in [1.54, 1.807) is 0 Å². The first-order valence-corrected chi connectivity index (χ1v) is 9.55. The number of piperidine rings is 1. The molecule has 0 bridgehead atoms. The lowest BCUT2D eigenvalue weighted by atomic mass is 9.73. The lowest BCUT2D eigenvalue weighted by Crippen LogP contribution is -2.56. The summed E-state index contributed by atoms with van der Waals surface area (Å²) in [6.07, 6.45) is 15.1. The Morgan fingerprint density at radius 3 is 2.14 bits per heavy atom. The Bertz CT molecular complexity index is 345. The van der Waals surface area contributed by atoms with E-state index in [2.05, 4.69) is 11.8 Å². The quantitative estimate of drug-likeness (QED) is 0.756. The molecule has 120 valence electrons. The van der Waals surface area contributed by atoms with Crippen molar-refractivity contribution < 1.29 is 4.79 Å². The van der Waals surface area contributed by atoms with Crippen LogP contribution >= 0.6 is 0 Å². The van der Waals surface area contributed by atoms with Gasteiger partial charge in [-0.2, -0.15) is 0 Å². The number of carbonyl (C=O) groups excluding carboxylic acids is 1. The van der Waals surface area contributed by atoms with Gasteiger partial charge in [-0.25, -0.2) is 0 Å². The first-order chi connectivity index (χ1) is 10.3. The number of carbonyl (C=O) groups is 1. The molecule has 0 amide bonds. The van der Waals surface area contributed by atoms with Gasteiger partial charge in [0.25, 0.3) is 0 Å². The summed E-state index contributed by atoms with van der Waals surface area (Å²) in [6.45, 7) is 4.66. The Morgan fingerprint density at radius 1 is 0.952 bits per heavy atom. The van der Waals surface area contributed by atoms with Crippen LogP contribution in [0.5, 0.6) is 0 Å². The fourth-order valence-electron chi connectivity index (χ4n) is 5.21. The monoisotopic (exact) mass is 291 g/mol. The van der Waals surface area contributed by atoms with Crippen molar-refractivity contribution in [2.24, 2.45) is 11.8 Å². The number of rotatable bonds is 4. The van der Waals surface area contributed by atoms with Gasteiger partial charge in [-0.3, -0.25) is 9.69 Å². The topological polar surface area (TPSA) is 20.3 Å². The molecule has 0 radical (unpaired) electrons. The van der Waals surface area contributed by atoms with Crippen LogP contribution in [-0.4, -0.2) is 29.3 Å². The van der Waals surface area contributed by atoms with Crippen molar-refractivity contribution in [3.8, 4) is 0 Å².